The van der Waals surface area contributed by atoms with Crippen LogP contribution in [0.4, 0.5) is 0 Å². The van der Waals surface area contributed by atoms with Crippen LogP contribution in [0.15, 0.2) is 0 Å². The Bertz CT molecular complexity index is 357. The SMILES string of the molecule is CCCCCCCCCCCCC(=O)O[C@@H](COC)COC(=O)CCCC. The quantitative estimate of drug-likeness (QED) is 0.214. The summed E-state index contributed by atoms with van der Waals surface area (Å²) in [6.45, 7) is 4.57. The summed E-state index contributed by atoms with van der Waals surface area (Å²) < 4.78 is 15.6. The van der Waals surface area contributed by atoms with E-state index in [0.717, 1.165) is 25.7 Å². The van der Waals surface area contributed by atoms with Gasteiger partial charge in [0.25, 0.3) is 0 Å². The standard InChI is InChI=1S/C22H42O5/c1-4-6-8-9-10-11-12-13-14-15-17-22(24)27-20(18-25-3)19-26-21(23)16-7-5-2/h20H,4-19H2,1-3H3/t20-/m0/s1. The third kappa shape index (κ3) is 18.0. The number of carbonyl (C=O) groups excluding carboxylic acids is 2. The average Bonchev–Trinajstić information content (AvgIpc) is 2.66. The Balaban J connectivity index is 3.71. The van der Waals surface area contributed by atoms with E-state index in [1.54, 1.807) is 7.11 Å². The summed E-state index contributed by atoms with van der Waals surface area (Å²) in [6, 6.07) is 0. The van der Waals surface area contributed by atoms with Crippen molar-refractivity contribution in [3.63, 3.8) is 0 Å². The van der Waals surface area contributed by atoms with Crippen molar-refractivity contribution < 1.29 is 23.8 Å². The van der Waals surface area contributed by atoms with Gasteiger partial charge >= 0.3 is 11.9 Å². The van der Waals surface area contributed by atoms with E-state index in [1.165, 1.54) is 51.4 Å². The molecule has 0 spiro atoms. The molecule has 0 amide bonds. The normalized spacial score (nSPS) is 12.0. The molecule has 0 aromatic rings. The Hall–Kier alpha value is -1.10. The second-order valence-electron chi connectivity index (χ2n) is 7.29. The first-order valence-corrected chi connectivity index (χ1v) is 11.0. The number of unbranched alkanes of at least 4 members (excludes halogenated alkanes) is 10. The van der Waals surface area contributed by atoms with Crippen molar-refractivity contribution >= 4 is 11.9 Å². The van der Waals surface area contributed by atoms with Crippen LogP contribution in [0.25, 0.3) is 0 Å². The highest BCUT2D eigenvalue weighted by Crippen LogP contribution is 2.12. The summed E-state index contributed by atoms with van der Waals surface area (Å²) in [5.74, 6) is -0.482. The maximum absolute atomic E-state index is 12.0. The number of esters is 2. The van der Waals surface area contributed by atoms with Crippen molar-refractivity contribution in [2.75, 3.05) is 20.3 Å². The van der Waals surface area contributed by atoms with Gasteiger partial charge in [-0.05, 0) is 12.8 Å². The van der Waals surface area contributed by atoms with Gasteiger partial charge in [-0.25, -0.2) is 0 Å². The molecule has 0 N–H and O–H groups in total. The Morgan fingerprint density at radius 3 is 1.74 bits per heavy atom. The first-order chi connectivity index (χ1) is 13.1. The van der Waals surface area contributed by atoms with Gasteiger partial charge in [-0.2, -0.15) is 0 Å². The third-order valence-electron chi connectivity index (χ3n) is 4.55. The molecule has 5 heteroatoms. The molecule has 0 radical (unpaired) electrons. The highest BCUT2D eigenvalue weighted by molar-refractivity contribution is 5.70. The lowest BCUT2D eigenvalue weighted by molar-refractivity contribution is -0.162. The third-order valence-corrected chi connectivity index (χ3v) is 4.55. The molecule has 0 aliphatic heterocycles. The molecule has 0 saturated heterocycles. The number of hydrogen-bond donors (Lipinski definition) is 0. The molecule has 0 heterocycles. The lowest BCUT2D eigenvalue weighted by atomic mass is 10.1. The van der Waals surface area contributed by atoms with Crippen molar-refractivity contribution in [2.45, 2.75) is 110 Å². The van der Waals surface area contributed by atoms with Crippen LogP contribution < -0.4 is 0 Å². The largest absolute Gasteiger partial charge is 0.462 e. The molecule has 5 nitrogen and oxygen atoms in total. The van der Waals surface area contributed by atoms with Gasteiger partial charge in [0.05, 0.1) is 6.61 Å². The molecule has 0 aromatic heterocycles. The van der Waals surface area contributed by atoms with E-state index < -0.39 is 6.10 Å². The zero-order chi connectivity index (χ0) is 20.2. The summed E-state index contributed by atoms with van der Waals surface area (Å²) in [4.78, 5) is 23.5. The van der Waals surface area contributed by atoms with Gasteiger partial charge in [0.2, 0.25) is 0 Å². The summed E-state index contributed by atoms with van der Waals surface area (Å²) in [7, 11) is 1.54. The van der Waals surface area contributed by atoms with E-state index in [9.17, 15) is 9.59 Å². The topological polar surface area (TPSA) is 61.8 Å². The lowest BCUT2D eigenvalue weighted by Crippen LogP contribution is -2.29. The maximum atomic E-state index is 12.0. The molecule has 0 rings (SSSR count). The molecule has 1 atom stereocenters. The monoisotopic (exact) mass is 386 g/mol. The summed E-state index contributed by atoms with van der Waals surface area (Å²) in [5, 5.41) is 0. The average molecular weight is 387 g/mol. The lowest BCUT2D eigenvalue weighted by Gasteiger charge is -2.17. The minimum absolute atomic E-state index is 0.0696. The number of methoxy groups -OCH3 is 1. The van der Waals surface area contributed by atoms with Gasteiger partial charge in [-0.3, -0.25) is 9.59 Å². The fourth-order valence-corrected chi connectivity index (χ4v) is 2.88. The van der Waals surface area contributed by atoms with Crippen LogP contribution in [0.5, 0.6) is 0 Å². The molecule has 0 aliphatic rings. The number of carbonyl (C=O) groups is 2. The summed E-state index contributed by atoms with van der Waals surface area (Å²) >= 11 is 0. The molecule has 0 unspecified atom stereocenters. The highest BCUT2D eigenvalue weighted by atomic mass is 16.6. The number of rotatable bonds is 19. The van der Waals surface area contributed by atoms with Gasteiger partial charge in [-0.15, -0.1) is 0 Å². The first-order valence-electron chi connectivity index (χ1n) is 11.0. The van der Waals surface area contributed by atoms with E-state index in [0.29, 0.717) is 12.8 Å². The van der Waals surface area contributed by atoms with Crippen LogP contribution >= 0.6 is 0 Å². The molecule has 27 heavy (non-hydrogen) atoms. The van der Waals surface area contributed by atoms with E-state index in [4.69, 9.17) is 14.2 Å². The predicted molar refractivity (Wildman–Crippen MR) is 109 cm³/mol. The number of ether oxygens (including phenoxy) is 3. The molecule has 0 fully saturated rings. The minimum atomic E-state index is -0.517. The second kappa shape index (κ2) is 19.7. The van der Waals surface area contributed by atoms with Crippen molar-refractivity contribution in [2.24, 2.45) is 0 Å². The number of hydrogen-bond acceptors (Lipinski definition) is 5. The highest BCUT2D eigenvalue weighted by Gasteiger charge is 2.16. The zero-order valence-corrected chi connectivity index (χ0v) is 17.9. The molecule has 160 valence electrons. The second-order valence-corrected chi connectivity index (χ2v) is 7.29. The van der Waals surface area contributed by atoms with Gasteiger partial charge in [0.1, 0.15) is 6.61 Å². The van der Waals surface area contributed by atoms with E-state index >= 15 is 0 Å². The predicted octanol–water partition coefficient (Wildman–Crippen LogP) is 5.59. The van der Waals surface area contributed by atoms with Gasteiger partial charge < -0.3 is 14.2 Å². The maximum Gasteiger partial charge on any atom is 0.306 e. The zero-order valence-electron chi connectivity index (χ0n) is 17.9. The smallest absolute Gasteiger partial charge is 0.306 e. The molecule has 0 aliphatic carbocycles. The van der Waals surface area contributed by atoms with Crippen molar-refractivity contribution in [1.29, 1.82) is 0 Å². The molecule has 0 saturated carbocycles. The fraction of sp³-hybridized carbons (Fsp3) is 0.909. The molecule has 0 aromatic carbocycles. The van der Waals surface area contributed by atoms with Crippen LogP contribution in [0.3, 0.4) is 0 Å². The fourth-order valence-electron chi connectivity index (χ4n) is 2.88. The van der Waals surface area contributed by atoms with E-state index in [-0.39, 0.29) is 25.2 Å². The Morgan fingerprint density at radius 1 is 0.667 bits per heavy atom. The van der Waals surface area contributed by atoms with Gasteiger partial charge in [-0.1, -0.05) is 78.1 Å². The Morgan fingerprint density at radius 2 is 1.19 bits per heavy atom. The van der Waals surface area contributed by atoms with Crippen LogP contribution in [0, 0.1) is 0 Å². The van der Waals surface area contributed by atoms with E-state index in [1.807, 2.05) is 6.92 Å². The van der Waals surface area contributed by atoms with Crippen molar-refractivity contribution in [1.82, 2.24) is 0 Å². The van der Waals surface area contributed by atoms with Crippen LogP contribution in [0.2, 0.25) is 0 Å². The van der Waals surface area contributed by atoms with Gasteiger partial charge in [0, 0.05) is 20.0 Å². The Labute approximate surface area is 166 Å². The first kappa shape index (κ1) is 25.9. The molecule has 0 bridgehead atoms. The summed E-state index contributed by atoms with van der Waals surface area (Å²) in [5.41, 5.74) is 0. The van der Waals surface area contributed by atoms with Crippen molar-refractivity contribution in [3.05, 3.63) is 0 Å². The summed E-state index contributed by atoms with van der Waals surface area (Å²) in [6.07, 6.45) is 14.4. The van der Waals surface area contributed by atoms with Crippen LogP contribution in [-0.2, 0) is 23.8 Å². The molecular weight excluding hydrogens is 344 g/mol. The van der Waals surface area contributed by atoms with E-state index in [2.05, 4.69) is 6.92 Å². The van der Waals surface area contributed by atoms with Gasteiger partial charge in [0.15, 0.2) is 6.10 Å². The molecular formula is C22H42O5. The van der Waals surface area contributed by atoms with Crippen LogP contribution in [0.1, 0.15) is 104 Å². The minimum Gasteiger partial charge on any atom is -0.462 e. The Kier molecular flexibility index (Phi) is 18.9. The van der Waals surface area contributed by atoms with Crippen LogP contribution in [-0.4, -0.2) is 38.4 Å². The van der Waals surface area contributed by atoms with Crippen molar-refractivity contribution in [3.8, 4) is 0 Å².